The fourth-order valence-electron chi connectivity index (χ4n) is 3.28. The first-order valence-electron chi connectivity index (χ1n) is 10.2. The number of imide groups is 1. The fourth-order valence-corrected chi connectivity index (χ4v) is 4.36. The molecular weight excluding hydrogens is 539 g/mol. The first-order chi connectivity index (χ1) is 17.4. The molecular formula is C23H13ClF3N3O6S. The number of rotatable bonds is 6. The van der Waals surface area contributed by atoms with Crippen molar-refractivity contribution in [3.05, 3.63) is 86.0 Å². The molecule has 190 valence electrons. The summed E-state index contributed by atoms with van der Waals surface area (Å²) in [4.78, 5) is 48.2. The molecule has 1 fully saturated rings. The van der Waals surface area contributed by atoms with E-state index in [0.717, 1.165) is 24.3 Å². The second kappa shape index (κ2) is 10.1. The van der Waals surface area contributed by atoms with Crippen LogP contribution < -0.4 is 5.32 Å². The molecule has 0 bridgehead atoms. The topological polar surface area (TPSA) is 123 Å². The predicted octanol–water partition coefficient (Wildman–Crippen LogP) is 6.20. The average molecular weight is 552 g/mol. The second-order valence-corrected chi connectivity index (χ2v) is 8.92. The van der Waals surface area contributed by atoms with Crippen molar-refractivity contribution in [2.45, 2.75) is 6.18 Å². The fraction of sp³-hybridized carbons (Fsp3) is 0.0870. The van der Waals surface area contributed by atoms with Crippen molar-refractivity contribution >= 4 is 57.9 Å². The highest BCUT2D eigenvalue weighted by Crippen LogP contribution is 2.36. The summed E-state index contributed by atoms with van der Waals surface area (Å²) in [6.07, 6.45) is -3.33. The van der Waals surface area contributed by atoms with Crippen LogP contribution in [0, 0.1) is 10.1 Å². The highest BCUT2D eigenvalue weighted by Gasteiger charge is 2.37. The largest absolute Gasteiger partial charge is 0.457 e. The molecule has 0 saturated carbocycles. The standard InChI is InChI=1S/C23H13ClF3N3O6S/c24-17-9-14(30(34)35)4-6-16(17)18-7-5-15(36-18)10-19-21(32)29(22(33)37-19)11-20(31)28-13-3-1-2-12(8-13)23(25,26)27/h1-10H,11H2,(H,28,31)/b19-10-. The number of hydrogen-bond acceptors (Lipinski definition) is 7. The van der Waals surface area contributed by atoms with Gasteiger partial charge in [0.2, 0.25) is 5.91 Å². The SMILES string of the molecule is O=C(CN1C(=O)S/C(=C\c2ccc(-c3ccc([N+](=O)[O-])cc3Cl)o2)C1=O)Nc1cccc(C(F)(F)F)c1. The Morgan fingerprint density at radius 2 is 1.92 bits per heavy atom. The summed E-state index contributed by atoms with van der Waals surface area (Å²) in [5.41, 5.74) is -0.944. The van der Waals surface area contributed by atoms with Gasteiger partial charge in [0.05, 0.1) is 20.4 Å². The Labute approximate surface area is 215 Å². The predicted molar refractivity (Wildman–Crippen MR) is 129 cm³/mol. The number of nitrogens with zero attached hydrogens (tertiary/aromatic N) is 2. The van der Waals surface area contributed by atoms with Crippen molar-refractivity contribution < 1.29 is 36.9 Å². The van der Waals surface area contributed by atoms with Gasteiger partial charge in [0.15, 0.2) is 0 Å². The van der Waals surface area contributed by atoms with Crippen LogP contribution in [0.25, 0.3) is 17.4 Å². The number of benzene rings is 2. The zero-order valence-corrected chi connectivity index (χ0v) is 19.8. The number of alkyl halides is 3. The van der Waals surface area contributed by atoms with E-state index < -0.39 is 40.3 Å². The molecule has 1 aliphatic rings. The maximum Gasteiger partial charge on any atom is 0.416 e. The Morgan fingerprint density at radius 3 is 2.59 bits per heavy atom. The summed E-state index contributed by atoms with van der Waals surface area (Å²) in [6.45, 7) is -0.708. The highest BCUT2D eigenvalue weighted by molar-refractivity contribution is 8.18. The number of hydrogen-bond donors (Lipinski definition) is 1. The van der Waals surface area contributed by atoms with Gasteiger partial charge in [-0.1, -0.05) is 17.7 Å². The van der Waals surface area contributed by atoms with E-state index in [2.05, 4.69) is 5.32 Å². The van der Waals surface area contributed by atoms with E-state index in [1.54, 1.807) is 0 Å². The third-order valence-corrected chi connectivity index (χ3v) is 6.20. The monoisotopic (exact) mass is 551 g/mol. The molecule has 4 rings (SSSR count). The lowest BCUT2D eigenvalue weighted by Crippen LogP contribution is -2.36. The van der Waals surface area contributed by atoms with Crippen molar-refractivity contribution in [2.75, 3.05) is 11.9 Å². The van der Waals surface area contributed by atoms with Crippen LogP contribution in [0.15, 0.2) is 63.9 Å². The van der Waals surface area contributed by atoms with E-state index in [-0.39, 0.29) is 32.8 Å². The van der Waals surface area contributed by atoms with Gasteiger partial charge in [0.1, 0.15) is 18.1 Å². The number of furan rings is 1. The maximum atomic E-state index is 12.9. The Kier molecular flexibility index (Phi) is 7.09. The summed E-state index contributed by atoms with van der Waals surface area (Å²) < 4.78 is 44.2. The molecule has 0 aliphatic carbocycles. The summed E-state index contributed by atoms with van der Waals surface area (Å²) in [6, 6.07) is 10.8. The third kappa shape index (κ3) is 5.84. The van der Waals surface area contributed by atoms with Crippen molar-refractivity contribution in [3.8, 4) is 11.3 Å². The van der Waals surface area contributed by atoms with E-state index >= 15 is 0 Å². The number of halogens is 4. The van der Waals surface area contributed by atoms with Crippen LogP contribution in [-0.2, 0) is 15.8 Å². The molecule has 0 atom stereocenters. The van der Waals surface area contributed by atoms with Gasteiger partial charge in [-0.3, -0.25) is 29.4 Å². The van der Waals surface area contributed by atoms with Crippen LogP contribution in [-0.4, -0.2) is 33.4 Å². The Morgan fingerprint density at radius 1 is 1.16 bits per heavy atom. The zero-order chi connectivity index (χ0) is 26.9. The Bertz CT molecular complexity index is 1470. The Balaban J connectivity index is 1.45. The lowest BCUT2D eigenvalue weighted by atomic mass is 10.1. The first kappa shape index (κ1) is 26.0. The van der Waals surface area contributed by atoms with Gasteiger partial charge in [-0.15, -0.1) is 0 Å². The molecule has 3 amide bonds. The smallest absolute Gasteiger partial charge is 0.416 e. The molecule has 1 saturated heterocycles. The molecule has 14 heteroatoms. The molecule has 0 spiro atoms. The lowest BCUT2D eigenvalue weighted by Gasteiger charge is -2.13. The molecule has 0 unspecified atom stereocenters. The quantitative estimate of drug-likeness (QED) is 0.220. The zero-order valence-electron chi connectivity index (χ0n) is 18.2. The Hall–Kier alpha value is -4.10. The van der Waals surface area contributed by atoms with Gasteiger partial charge >= 0.3 is 6.18 Å². The van der Waals surface area contributed by atoms with Gasteiger partial charge in [0.25, 0.3) is 16.8 Å². The number of carbonyl (C=O) groups is 3. The van der Waals surface area contributed by atoms with Crippen LogP contribution in [0.4, 0.5) is 29.3 Å². The van der Waals surface area contributed by atoms with Crippen molar-refractivity contribution in [2.24, 2.45) is 0 Å². The van der Waals surface area contributed by atoms with E-state index in [0.29, 0.717) is 22.2 Å². The number of nitrogens with one attached hydrogen (secondary N) is 1. The minimum absolute atomic E-state index is 0.0486. The first-order valence-corrected chi connectivity index (χ1v) is 11.4. The summed E-state index contributed by atoms with van der Waals surface area (Å²) in [7, 11) is 0. The summed E-state index contributed by atoms with van der Waals surface area (Å²) in [5.74, 6) is -1.23. The highest BCUT2D eigenvalue weighted by atomic mass is 35.5. The average Bonchev–Trinajstić information content (AvgIpc) is 3.38. The minimum Gasteiger partial charge on any atom is -0.457 e. The normalized spacial score (nSPS) is 14.9. The molecule has 1 aromatic heterocycles. The molecule has 1 aliphatic heterocycles. The van der Waals surface area contributed by atoms with Crippen LogP contribution >= 0.6 is 23.4 Å². The van der Waals surface area contributed by atoms with Crippen molar-refractivity contribution in [3.63, 3.8) is 0 Å². The van der Waals surface area contributed by atoms with Gasteiger partial charge in [0, 0.05) is 29.5 Å². The number of non-ortho nitro benzene ring substituents is 1. The molecule has 2 heterocycles. The van der Waals surface area contributed by atoms with Crippen molar-refractivity contribution in [1.29, 1.82) is 0 Å². The molecule has 3 aromatic rings. The van der Waals surface area contributed by atoms with Gasteiger partial charge in [-0.05, 0) is 48.2 Å². The third-order valence-electron chi connectivity index (χ3n) is 4.98. The summed E-state index contributed by atoms with van der Waals surface area (Å²) >= 11 is 6.66. The maximum absolute atomic E-state index is 12.9. The number of carbonyl (C=O) groups excluding carboxylic acids is 3. The van der Waals surface area contributed by atoms with Crippen LogP contribution in [0.3, 0.4) is 0 Å². The second-order valence-electron chi connectivity index (χ2n) is 7.52. The van der Waals surface area contributed by atoms with Crippen molar-refractivity contribution in [1.82, 2.24) is 4.90 Å². The lowest BCUT2D eigenvalue weighted by molar-refractivity contribution is -0.384. The van der Waals surface area contributed by atoms with Gasteiger partial charge in [-0.25, -0.2) is 0 Å². The minimum atomic E-state index is -4.60. The number of nitro benzene ring substituents is 1. The van der Waals surface area contributed by atoms with E-state index in [9.17, 15) is 37.7 Å². The number of thioether (sulfide) groups is 1. The summed E-state index contributed by atoms with van der Waals surface area (Å²) in [5, 5.41) is 12.4. The van der Waals surface area contributed by atoms with E-state index in [4.69, 9.17) is 16.0 Å². The molecule has 2 aromatic carbocycles. The van der Waals surface area contributed by atoms with E-state index in [1.165, 1.54) is 36.4 Å². The number of anilines is 1. The molecule has 37 heavy (non-hydrogen) atoms. The molecule has 0 radical (unpaired) electrons. The van der Waals surface area contributed by atoms with Gasteiger partial charge < -0.3 is 9.73 Å². The molecule has 9 nitrogen and oxygen atoms in total. The number of amides is 3. The molecule has 1 N–H and O–H groups in total. The van der Waals surface area contributed by atoms with Crippen LogP contribution in [0.5, 0.6) is 0 Å². The van der Waals surface area contributed by atoms with E-state index in [1.807, 2.05) is 0 Å². The van der Waals surface area contributed by atoms with Gasteiger partial charge in [-0.2, -0.15) is 13.2 Å². The number of nitro groups is 1. The van der Waals surface area contributed by atoms with Crippen LogP contribution in [0.1, 0.15) is 11.3 Å². The van der Waals surface area contributed by atoms with Crippen LogP contribution in [0.2, 0.25) is 5.02 Å².